The smallest absolute Gasteiger partial charge is 0.0827 e. The average molecular weight is 218 g/mol. The van der Waals surface area contributed by atoms with Crippen LogP contribution in [-0.4, -0.2) is 14.3 Å². The third kappa shape index (κ3) is 1.83. The number of aromatic nitrogens is 3. The van der Waals surface area contributed by atoms with E-state index in [2.05, 4.69) is 47.3 Å². The van der Waals surface area contributed by atoms with Gasteiger partial charge in [-0.1, -0.05) is 0 Å². The Morgan fingerprint density at radius 1 is 1.31 bits per heavy atom. The highest BCUT2D eigenvalue weighted by Gasteiger charge is 2.08. The summed E-state index contributed by atoms with van der Waals surface area (Å²) in [5.74, 6) is 0. The first-order valence-corrected chi connectivity index (χ1v) is 5.44. The standard InChI is InChI=1S/C12H18N4/c1-9-12(10(2)16(4)14-9)13-8-11-6-5-7-15(11)3/h5-7,13H,8H2,1-4H3. The molecule has 86 valence electrons. The van der Waals surface area contributed by atoms with Crippen molar-refractivity contribution in [3.05, 3.63) is 35.4 Å². The van der Waals surface area contributed by atoms with Crippen LogP contribution >= 0.6 is 0 Å². The molecule has 4 nitrogen and oxygen atoms in total. The number of nitrogens with zero attached hydrogens (tertiary/aromatic N) is 3. The zero-order valence-electron chi connectivity index (χ0n) is 10.3. The fourth-order valence-corrected chi connectivity index (χ4v) is 1.89. The molecular weight excluding hydrogens is 200 g/mol. The molecule has 0 aliphatic heterocycles. The quantitative estimate of drug-likeness (QED) is 0.855. The van der Waals surface area contributed by atoms with E-state index >= 15 is 0 Å². The predicted molar refractivity (Wildman–Crippen MR) is 65.4 cm³/mol. The van der Waals surface area contributed by atoms with Crippen molar-refractivity contribution < 1.29 is 0 Å². The predicted octanol–water partition coefficient (Wildman–Crippen LogP) is 1.99. The molecule has 2 heterocycles. The maximum atomic E-state index is 4.38. The molecule has 0 bridgehead atoms. The Hall–Kier alpha value is -1.71. The van der Waals surface area contributed by atoms with Crippen molar-refractivity contribution in [2.45, 2.75) is 20.4 Å². The summed E-state index contributed by atoms with van der Waals surface area (Å²) in [4.78, 5) is 0. The molecule has 0 amide bonds. The molecule has 2 rings (SSSR count). The molecule has 2 aromatic rings. The van der Waals surface area contributed by atoms with E-state index in [1.807, 2.05) is 18.7 Å². The van der Waals surface area contributed by atoms with Gasteiger partial charge < -0.3 is 9.88 Å². The molecular formula is C12H18N4. The third-order valence-corrected chi connectivity index (χ3v) is 3.01. The van der Waals surface area contributed by atoms with Gasteiger partial charge in [-0.2, -0.15) is 5.10 Å². The van der Waals surface area contributed by atoms with Crippen molar-refractivity contribution in [3.63, 3.8) is 0 Å². The highest BCUT2D eigenvalue weighted by molar-refractivity contribution is 5.52. The summed E-state index contributed by atoms with van der Waals surface area (Å²) in [6.45, 7) is 4.94. The number of hydrogen-bond donors (Lipinski definition) is 1. The van der Waals surface area contributed by atoms with E-state index in [1.54, 1.807) is 0 Å². The minimum atomic E-state index is 0.830. The zero-order chi connectivity index (χ0) is 11.7. The molecule has 0 radical (unpaired) electrons. The minimum absolute atomic E-state index is 0.830. The van der Waals surface area contributed by atoms with Crippen LogP contribution < -0.4 is 5.32 Å². The Morgan fingerprint density at radius 3 is 2.56 bits per heavy atom. The molecule has 0 atom stereocenters. The summed E-state index contributed by atoms with van der Waals surface area (Å²) in [6, 6.07) is 4.17. The fraction of sp³-hybridized carbons (Fsp3) is 0.417. The van der Waals surface area contributed by atoms with E-state index in [9.17, 15) is 0 Å². The van der Waals surface area contributed by atoms with Crippen LogP contribution in [0.1, 0.15) is 17.1 Å². The Morgan fingerprint density at radius 2 is 2.06 bits per heavy atom. The third-order valence-electron chi connectivity index (χ3n) is 3.01. The summed E-state index contributed by atoms with van der Waals surface area (Å²) in [5.41, 5.74) is 4.63. The molecule has 0 aromatic carbocycles. The molecule has 0 aliphatic carbocycles. The van der Waals surface area contributed by atoms with Crippen molar-refractivity contribution in [1.82, 2.24) is 14.3 Å². The van der Waals surface area contributed by atoms with E-state index in [0.717, 1.165) is 17.9 Å². The molecule has 0 aliphatic rings. The number of rotatable bonds is 3. The van der Waals surface area contributed by atoms with Crippen molar-refractivity contribution in [2.75, 3.05) is 5.32 Å². The first kappa shape index (κ1) is 10.8. The lowest BCUT2D eigenvalue weighted by Crippen LogP contribution is -2.05. The van der Waals surface area contributed by atoms with Gasteiger partial charge in [-0.25, -0.2) is 0 Å². The Bertz CT molecular complexity index is 493. The maximum absolute atomic E-state index is 4.38. The highest BCUT2D eigenvalue weighted by atomic mass is 15.3. The van der Waals surface area contributed by atoms with Crippen molar-refractivity contribution >= 4 is 5.69 Å². The lowest BCUT2D eigenvalue weighted by Gasteiger charge is -2.07. The van der Waals surface area contributed by atoms with Crippen LogP contribution in [0.5, 0.6) is 0 Å². The Labute approximate surface area is 95.9 Å². The second-order valence-electron chi connectivity index (χ2n) is 4.13. The summed E-state index contributed by atoms with van der Waals surface area (Å²) in [7, 11) is 4.02. The van der Waals surface area contributed by atoms with Crippen LogP contribution in [-0.2, 0) is 20.6 Å². The van der Waals surface area contributed by atoms with Crippen LogP contribution in [0.2, 0.25) is 0 Å². The summed E-state index contributed by atoms with van der Waals surface area (Å²) in [6.07, 6.45) is 2.06. The monoisotopic (exact) mass is 218 g/mol. The number of anilines is 1. The Kier molecular flexibility index (Phi) is 2.73. The van der Waals surface area contributed by atoms with Gasteiger partial charge >= 0.3 is 0 Å². The number of nitrogens with one attached hydrogen (secondary N) is 1. The largest absolute Gasteiger partial charge is 0.376 e. The molecule has 0 unspecified atom stereocenters. The van der Waals surface area contributed by atoms with Gasteiger partial charge in [0.2, 0.25) is 0 Å². The van der Waals surface area contributed by atoms with E-state index in [0.29, 0.717) is 0 Å². The van der Waals surface area contributed by atoms with Gasteiger partial charge in [0.15, 0.2) is 0 Å². The van der Waals surface area contributed by atoms with Gasteiger partial charge in [-0.3, -0.25) is 4.68 Å². The van der Waals surface area contributed by atoms with Crippen molar-refractivity contribution in [1.29, 1.82) is 0 Å². The SMILES string of the molecule is Cc1nn(C)c(C)c1NCc1cccn1C. The van der Waals surface area contributed by atoms with Gasteiger partial charge in [-0.15, -0.1) is 0 Å². The normalized spacial score (nSPS) is 10.8. The highest BCUT2D eigenvalue weighted by Crippen LogP contribution is 2.19. The topological polar surface area (TPSA) is 34.8 Å². The minimum Gasteiger partial charge on any atom is -0.376 e. The summed E-state index contributed by atoms with van der Waals surface area (Å²) >= 11 is 0. The maximum Gasteiger partial charge on any atom is 0.0827 e. The lowest BCUT2D eigenvalue weighted by molar-refractivity contribution is 0.731. The zero-order valence-corrected chi connectivity index (χ0v) is 10.3. The molecule has 4 heteroatoms. The number of aryl methyl sites for hydroxylation is 3. The first-order valence-electron chi connectivity index (χ1n) is 5.44. The van der Waals surface area contributed by atoms with E-state index in [-0.39, 0.29) is 0 Å². The van der Waals surface area contributed by atoms with Gasteiger partial charge in [0.25, 0.3) is 0 Å². The van der Waals surface area contributed by atoms with Gasteiger partial charge in [0.05, 0.1) is 23.6 Å². The second kappa shape index (κ2) is 4.04. The summed E-state index contributed by atoms with van der Waals surface area (Å²) < 4.78 is 4.02. The Balaban J connectivity index is 2.13. The molecule has 16 heavy (non-hydrogen) atoms. The summed E-state index contributed by atoms with van der Waals surface area (Å²) in [5, 5.41) is 7.82. The van der Waals surface area contributed by atoms with Crippen LogP contribution in [0.25, 0.3) is 0 Å². The number of hydrogen-bond acceptors (Lipinski definition) is 2. The van der Waals surface area contributed by atoms with Crippen molar-refractivity contribution in [2.24, 2.45) is 14.1 Å². The van der Waals surface area contributed by atoms with Gasteiger partial charge in [0.1, 0.15) is 0 Å². The van der Waals surface area contributed by atoms with Crippen LogP contribution in [0.15, 0.2) is 18.3 Å². The molecule has 0 fully saturated rings. The second-order valence-corrected chi connectivity index (χ2v) is 4.13. The average Bonchev–Trinajstić information content (AvgIpc) is 2.72. The lowest BCUT2D eigenvalue weighted by atomic mass is 10.3. The van der Waals surface area contributed by atoms with Gasteiger partial charge in [0, 0.05) is 26.0 Å². The van der Waals surface area contributed by atoms with E-state index in [4.69, 9.17) is 0 Å². The molecule has 2 aromatic heterocycles. The van der Waals surface area contributed by atoms with Crippen LogP contribution in [0.3, 0.4) is 0 Å². The van der Waals surface area contributed by atoms with E-state index < -0.39 is 0 Å². The fourth-order valence-electron chi connectivity index (χ4n) is 1.89. The van der Waals surface area contributed by atoms with Crippen LogP contribution in [0, 0.1) is 13.8 Å². The molecule has 0 spiro atoms. The first-order chi connectivity index (χ1) is 7.59. The molecule has 0 saturated carbocycles. The van der Waals surface area contributed by atoms with E-state index in [1.165, 1.54) is 11.4 Å². The van der Waals surface area contributed by atoms with Gasteiger partial charge in [-0.05, 0) is 26.0 Å². The van der Waals surface area contributed by atoms with Crippen LogP contribution in [0.4, 0.5) is 5.69 Å². The van der Waals surface area contributed by atoms with Crippen molar-refractivity contribution in [3.8, 4) is 0 Å². The molecule has 0 saturated heterocycles. The molecule has 1 N–H and O–H groups in total.